The summed E-state index contributed by atoms with van der Waals surface area (Å²) in [4.78, 5) is 1.74. The van der Waals surface area contributed by atoms with Crippen molar-refractivity contribution in [3.63, 3.8) is 0 Å². The highest BCUT2D eigenvalue weighted by Gasteiger charge is 2.44. The van der Waals surface area contributed by atoms with E-state index in [1.54, 1.807) is 17.0 Å². The lowest BCUT2D eigenvalue weighted by Gasteiger charge is -2.38. The highest BCUT2D eigenvalue weighted by atomic mass is 79.9. The summed E-state index contributed by atoms with van der Waals surface area (Å²) in [5, 5.41) is 12.2. The van der Waals surface area contributed by atoms with Crippen LogP contribution in [0, 0.1) is 6.92 Å². The number of aliphatic hydroxyl groups is 1. The van der Waals surface area contributed by atoms with Crippen LogP contribution in [0.1, 0.15) is 17.2 Å². The van der Waals surface area contributed by atoms with Gasteiger partial charge in [0.05, 0.1) is 0 Å². The minimum atomic E-state index is -3.16. The quantitative estimate of drug-likeness (QED) is 0.876. The van der Waals surface area contributed by atoms with E-state index in [4.69, 9.17) is 5.11 Å². The fourth-order valence-corrected chi connectivity index (χ4v) is 2.92. The van der Waals surface area contributed by atoms with E-state index in [0.717, 1.165) is 10.0 Å². The molecule has 0 bridgehead atoms. The summed E-state index contributed by atoms with van der Waals surface area (Å²) >= 11 is 3.39. The van der Waals surface area contributed by atoms with E-state index in [9.17, 15) is 8.78 Å². The van der Waals surface area contributed by atoms with Gasteiger partial charge in [0.2, 0.25) is 0 Å². The Morgan fingerprint density at radius 1 is 1.40 bits per heavy atom. The van der Waals surface area contributed by atoms with Gasteiger partial charge < -0.3 is 10.4 Å². The van der Waals surface area contributed by atoms with Crippen LogP contribution in [0.5, 0.6) is 0 Å². The molecule has 6 heteroatoms. The van der Waals surface area contributed by atoms with Crippen molar-refractivity contribution in [1.29, 1.82) is 0 Å². The molecule has 20 heavy (non-hydrogen) atoms. The van der Waals surface area contributed by atoms with E-state index in [2.05, 4.69) is 21.2 Å². The number of aliphatic hydroxyl groups excluding tert-OH is 1. The van der Waals surface area contributed by atoms with Crippen LogP contribution in [0.4, 0.5) is 8.78 Å². The van der Waals surface area contributed by atoms with Gasteiger partial charge in [-0.3, -0.25) is 4.90 Å². The van der Waals surface area contributed by atoms with E-state index >= 15 is 0 Å². The Morgan fingerprint density at radius 3 is 2.60 bits per heavy atom. The Kier molecular flexibility index (Phi) is 5.12. The van der Waals surface area contributed by atoms with Crippen LogP contribution < -0.4 is 5.32 Å². The van der Waals surface area contributed by atoms with Crippen molar-refractivity contribution in [2.24, 2.45) is 0 Å². The molecule has 1 atom stereocenters. The van der Waals surface area contributed by atoms with E-state index in [1.165, 1.54) is 0 Å². The third-order valence-electron chi connectivity index (χ3n) is 3.64. The summed E-state index contributed by atoms with van der Waals surface area (Å²) in [5.74, 6) is -3.16. The second-order valence-electron chi connectivity index (χ2n) is 5.12. The van der Waals surface area contributed by atoms with Crippen molar-refractivity contribution in [2.45, 2.75) is 18.9 Å². The molecular formula is C14H19BrF2N2O. The Hall–Kier alpha value is -0.560. The molecule has 2 rings (SSSR count). The van der Waals surface area contributed by atoms with E-state index in [-0.39, 0.29) is 0 Å². The van der Waals surface area contributed by atoms with E-state index in [0.29, 0.717) is 31.7 Å². The van der Waals surface area contributed by atoms with Gasteiger partial charge in [0, 0.05) is 30.7 Å². The molecule has 0 aromatic heterocycles. The Bertz CT molecular complexity index is 464. The third-order valence-corrected chi connectivity index (χ3v) is 4.49. The number of nitrogens with zero attached hydrogens (tertiary/aromatic N) is 1. The molecule has 0 radical (unpaired) electrons. The van der Waals surface area contributed by atoms with Gasteiger partial charge in [0.15, 0.2) is 0 Å². The van der Waals surface area contributed by atoms with Crippen LogP contribution in [0.15, 0.2) is 22.7 Å². The summed E-state index contributed by atoms with van der Waals surface area (Å²) < 4.78 is 29.2. The molecule has 1 aliphatic rings. The first-order valence-electron chi connectivity index (χ1n) is 6.65. The molecule has 0 unspecified atom stereocenters. The lowest BCUT2D eigenvalue weighted by molar-refractivity contribution is -0.118. The summed E-state index contributed by atoms with van der Waals surface area (Å²) in [6, 6.07) is 4.18. The number of hydrogen-bond acceptors (Lipinski definition) is 3. The topological polar surface area (TPSA) is 35.5 Å². The summed E-state index contributed by atoms with van der Waals surface area (Å²) in [7, 11) is 0. The van der Waals surface area contributed by atoms with Crippen molar-refractivity contribution in [3.8, 4) is 0 Å². The monoisotopic (exact) mass is 348 g/mol. The van der Waals surface area contributed by atoms with Gasteiger partial charge in [-0.2, -0.15) is 0 Å². The van der Waals surface area contributed by atoms with Crippen LogP contribution in [-0.2, 0) is 0 Å². The number of alkyl halides is 2. The molecule has 0 amide bonds. The molecule has 1 aliphatic heterocycles. The van der Waals surface area contributed by atoms with Gasteiger partial charge in [-0.15, -0.1) is 0 Å². The molecule has 1 fully saturated rings. The molecule has 112 valence electrons. The van der Waals surface area contributed by atoms with E-state index in [1.807, 2.05) is 13.0 Å². The molecule has 2 N–H and O–H groups in total. The third kappa shape index (κ3) is 3.36. The molecule has 3 nitrogen and oxygen atoms in total. The summed E-state index contributed by atoms with van der Waals surface area (Å²) in [6.45, 7) is 3.23. The first kappa shape index (κ1) is 15.8. The molecule has 1 aromatic rings. The number of hydrogen-bond donors (Lipinski definition) is 2. The molecule has 0 aliphatic carbocycles. The standard InChI is InChI=1S/C14H19BrF2N2O/c1-10-2-3-11(8-12(10)15)13(14(16,17)9-20)19-6-4-18-5-7-19/h2-3,8,13,18,20H,4-7,9H2,1H3/t13-/m0/s1. The number of benzene rings is 1. The maximum absolute atomic E-state index is 14.2. The van der Waals surface area contributed by atoms with Crippen molar-refractivity contribution in [2.75, 3.05) is 32.8 Å². The van der Waals surface area contributed by atoms with Crippen molar-refractivity contribution in [3.05, 3.63) is 33.8 Å². The summed E-state index contributed by atoms with van der Waals surface area (Å²) in [5.41, 5.74) is 1.53. The molecule has 0 spiro atoms. The molecule has 1 aromatic carbocycles. The summed E-state index contributed by atoms with van der Waals surface area (Å²) in [6.07, 6.45) is 0. The van der Waals surface area contributed by atoms with Crippen molar-refractivity contribution < 1.29 is 13.9 Å². The van der Waals surface area contributed by atoms with Crippen molar-refractivity contribution in [1.82, 2.24) is 10.2 Å². The average Bonchev–Trinajstić information content (AvgIpc) is 2.44. The molecular weight excluding hydrogens is 330 g/mol. The van der Waals surface area contributed by atoms with Gasteiger partial charge in [-0.05, 0) is 24.1 Å². The van der Waals surface area contributed by atoms with Crippen LogP contribution >= 0.6 is 15.9 Å². The number of rotatable bonds is 4. The molecule has 1 heterocycles. The fraction of sp³-hybridized carbons (Fsp3) is 0.571. The minimum absolute atomic E-state index is 0.531. The number of nitrogens with one attached hydrogen (secondary N) is 1. The van der Waals surface area contributed by atoms with Crippen LogP contribution in [0.2, 0.25) is 0 Å². The van der Waals surface area contributed by atoms with Crippen LogP contribution in [0.25, 0.3) is 0 Å². The smallest absolute Gasteiger partial charge is 0.289 e. The SMILES string of the molecule is Cc1ccc([C@H](N2CCNCC2)C(F)(F)CO)cc1Br. The zero-order chi connectivity index (χ0) is 14.8. The number of halogens is 3. The lowest BCUT2D eigenvalue weighted by Crippen LogP contribution is -2.51. The van der Waals surface area contributed by atoms with Crippen LogP contribution in [0.3, 0.4) is 0 Å². The fourth-order valence-electron chi connectivity index (χ4n) is 2.53. The average molecular weight is 349 g/mol. The Morgan fingerprint density at radius 2 is 2.05 bits per heavy atom. The number of piperazine rings is 1. The molecule has 0 saturated carbocycles. The molecule has 1 saturated heterocycles. The maximum Gasteiger partial charge on any atom is 0.289 e. The second-order valence-corrected chi connectivity index (χ2v) is 5.97. The number of aryl methyl sites for hydroxylation is 1. The largest absolute Gasteiger partial charge is 0.390 e. The Labute approximate surface area is 126 Å². The predicted molar refractivity (Wildman–Crippen MR) is 78.1 cm³/mol. The lowest BCUT2D eigenvalue weighted by atomic mass is 9.97. The Balaban J connectivity index is 2.36. The van der Waals surface area contributed by atoms with Gasteiger partial charge in [0.1, 0.15) is 12.6 Å². The van der Waals surface area contributed by atoms with Gasteiger partial charge >= 0.3 is 0 Å². The van der Waals surface area contributed by atoms with Gasteiger partial charge in [0.25, 0.3) is 5.92 Å². The van der Waals surface area contributed by atoms with Gasteiger partial charge in [-0.25, -0.2) is 8.78 Å². The second kappa shape index (κ2) is 6.47. The zero-order valence-electron chi connectivity index (χ0n) is 11.4. The highest BCUT2D eigenvalue weighted by Crippen LogP contribution is 2.37. The normalized spacial score (nSPS) is 19.1. The maximum atomic E-state index is 14.2. The van der Waals surface area contributed by atoms with E-state index < -0.39 is 18.6 Å². The van der Waals surface area contributed by atoms with Crippen LogP contribution in [-0.4, -0.2) is 48.7 Å². The first-order chi connectivity index (χ1) is 9.45. The predicted octanol–water partition coefficient (Wildman–Crippen LogP) is 2.33. The van der Waals surface area contributed by atoms with Gasteiger partial charge in [-0.1, -0.05) is 28.1 Å². The zero-order valence-corrected chi connectivity index (χ0v) is 13.0. The minimum Gasteiger partial charge on any atom is -0.390 e. The highest BCUT2D eigenvalue weighted by molar-refractivity contribution is 9.10. The van der Waals surface area contributed by atoms with Crippen molar-refractivity contribution >= 4 is 15.9 Å². The first-order valence-corrected chi connectivity index (χ1v) is 7.44.